The highest BCUT2D eigenvalue weighted by molar-refractivity contribution is 7.80. The molecule has 0 radical (unpaired) electrons. The van der Waals surface area contributed by atoms with Gasteiger partial charge in [-0.25, -0.2) is 4.79 Å². The number of nitrogens with zero attached hydrogens (tertiary/aromatic N) is 1. The van der Waals surface area contributed by atoms with Gasteiger partial charge in [0.2, 0.25) is 0 Å². The first-order valence-electron chi connectivity index (χ1n) is 7.55. The number of nitro benzene ring substituents is 1. The molecule has 2 rings (SSSR count). The summed E-state index contributed by atoms with van der Waals surface area (Å²) >= 11 is 5.03. The van der Waals surface area contributed by atoms with Crippen molar-refractivity contribution in [3.05, 3.63) is 64.2 Å². The first kappa shape index (κ1) is 19.8. The second kappa shape index (κ2) is 9.25. The normalized spacial score (nSPS) is 9.81. The van der Waals surface area contributed by atoms with Crippen LogP contribution in [0.25, 0.3) is 0 Å². The quantitative estimate of drug-likeness (QED) is 0.334. The number of rotatable bonds is 6. The van der Waals surface area contributed by atoms with E-state index in [1.807, 2.05) is 0 Å². The van der Waals surface area contributed by atoms with E-state index in [1.54, 1.807) is 24.3 Å². The third-order valence-electron chi connectivity index (χ3n) is 3.23. The number of methoxy groups -OCH3 is 1. The van der Waals surface area contributed by atoms with E-state index in [0.717, 1.165) is 0 Å². The van der Waals surface area contributed by atoms with E-state index in [9.17, 15) is 19.7 Å². The number of hydrogen-bond donors (Lipinski definition) is 2. The summed E-state index contributed by atoms with van der Waals surface area (Å²) in [4.78, 5) is 33.2. The SMILES string of the molecule is COC(=O)c1ccc(NC(=S)NC(=O)COc2ccc([N+](=O)[O-])cc2)cc1. The van der Waals surface area contributed by atoms with Crippen LogP contribution < -0.4 is 15.4 Å². The highest BCUT2D eigenvalue weighted by Crippen LogP contribution is 2.17. The minimum absolute atomic E-state index is 0.0538. The number of carbonyl (C=O) groups is 2. The van der Waals surface area contributed by atoms with Crippen molar-refractivity contribution in [2.45, 2.75) is 0 Å². The number of amides is 1. The monoisotopic (exact) mass is 389 g/mol. The predicted octanol–water partition coefficient (Wildman–Crippen LogP) is 2.27. The van der Waals surface area contributed by atoms with E-state index >= 15 is 0 Å². The van der Waals surface area contributed by atoms with Crippen LogP contribution >= 0.6 is 12.2 Å². The van der Waals surface area contributed by atoms with Crippen molar-refractivity contribution in [3.8, 4) is 5.75 Å². The summed E-state index contributed by atoms with van der Waals surface area (Å²) in [5.41, 5.74) is 0.883. The number of nitro groups is 1. The number of nitrogens with one attached hydrogen (secondary N) is 2. The molecule has 0 heterocycles. The van der Waals surface area contributed by atoms with Crippen LogP contribution in [0, 0.1) is 10.1 Å². The molecule has 0 aliphatic heterocycles. The minimum atomic E-state index is -0.529. The molecular formula is C17H15N3O6S. The standard InChI is InChI=1S/C17H15N3O6S/c1-25-16(22)11-2-4-12(5-3-11)18-17(27)19-15(21)10-26-14-8-6-13(7-9-14)20(23)24/h2-9H,10H2,1H3,(H2,18,19,21,27). The van der Waals surface area contributed by atoms with Gasteiger partial charge in [0.25, 0.3) is 11.6 Å². The topological polar surface area (TPSA) is 120 Å². The van der Waals surface area contributed by atoms with Crippen LogP contribution in [-0.2, 0) is 9.53 Å². The highest BCUT2D eigenvalue weighted by atomic mass is 32.1. The Balaban J connectivity index is 1.80. The Hall–Kier alpha value is -3.53. The van der Waals surface area contributed by atoms with Crippen LogP contribution in [-0.4, -0.2) is 35.6 Å². The number of benzene rings is 2. The molecule has 10 heteroatoms. The molecule has 2 aromatic carbocycles. The van der Waals surface area contributed by atoms with Crippen LogP contribution in [0.5, 0.6) is 5.75 Å². The van der Waals surface area contributed by atoms with Gasteiger partial charge in [0, 0.05) is 17.8 Å². The third kappa shape index (κ3) is 6.04. The molecule has 1 amide bonds. The van der Waals surface area contributed by atoms with E-state index in [4.69, 9.17) is 17.0 Å². The Morgan fingerprint density at radius 1 is 1.11 bits per heavy atom. The van der Waals surface area contributed by atoms with Crippen molar-refractivity contribution < 1.29 is 24.0 Å². The van der Waals surface area contributed by atoms with Crippen molar-refractivity contribution in [2.24, 2.45) is 0 Å². The predicted molar refractivity (Wildman–Crippen MR) is 101 cm³/mol. The zero-order chi connectivity index (χ0) is 19.8. The minimum Gasteiger partial charge on any atom is -0.484 e. The zero-order valence-corrected chi connectivity index (χ0v) is 14.9. The molecule has 0 fully saturated rings. The molecular weight excluding hydrogens is 374 g/mol. The summed E-state index contributed by atoms with van der Waals surface area (Å²) in [7, 11) is 1.29. The highest BCUT2D eigenvalue weighted by Gasteiger charge is 2.09. The summed E-state index contributed by atoms with van der Waals surface area (Å²) in [6, 6.07) is 11.7. The Labute approximate surface area is 159 Å². The largest absolute Gasteiger partial charge is 0.484 e. The van der Waals surface area contributed by atoms with Gasteiger partial charge in [-0.15, -0.1) is 0 Å². The van der Waals surface area contributed by atoms with Gasteiger partial charge < -0.3 is 14.8 Å². The molecule has 27 heavy (non-hydrogen) atoms. The van der Waals surface area contributed by atoms with Crippen molar-refractivity contribution in [1.82, 2.24) is 5.32 Å². The van der Waals surface area contributed by atoms with E-state index in [1.165, 1.54) is 31.4 Å². The fourth-order valence-corrected chi connectivity index (χ4v) is 2.18. The molecule has 2 aromatic rings. The van der Waals surface area contributed by atoms with E-state index < -0.39 is 16.8 Å². The summed E-state index contributed by atoms with van der Waals surface area (Å²) < 4.78 is 9.84. The van der Waals surface area contributed by atoms with Crippen molar-refractivity contribution in [2.75, 3.05) is 19.0 Å². The molecule has 0 spiro atoms. The van der Waals surface area contributed by atoms with Gasteiger partial charge in [0.05, 0.1) is 17.6 Å². The van der Waals surface area contributed by atoms with Gasteiger partial charge >= 0.3 is 5.97 Å². The maximum absolute atomic E-state index is 11.8. The summed E-state index contributed by atoms with van der Waals surface area (Å²) in [5, 5.41) is 15.9. The summed E-state index contributed by atoms with van der Waals surface area (Å²) in [5.74, 6) is -0.647. The summed E-state index contributed by atoms with van der Waals surface area (Å²) in [6.07, 6.45) is 0. The molecule has 0 saturated heterocycles. The second-order valence-corrected chi connectivity index (χ2v) is 5.52. The number of anilines is 1. The Morgan fingerprint density at radius 3 is 2.30 bits per heavy atom. The lowest BCUT2D eigenvalue weighted by atomic mass is 10.2. The smallest absolute Gasteiger partial charge is 0.337 e. The maximum Gasteiger partial charge on any atom is 0.337 e. The average molecular weight is 389 g/mol. The van der Waals surface area contributed by atoms with Crippen LogP contribution in [0.15, 0.2) is 48.5 Å². The fourth-order valence-electron chi connectivity index (χ4n) is 1.95. The first-order valence-corrected chi connectivity index (χ1v) is 7.96. The number of hydrogen-bond acceptors (Lipinski definition) is 7. The molecule has 2 N–H and O–H groups in total. The Bertz CT molecular complexity index is 852. The molecule has 0 unspecified atom stereocenters. The number of carbonyl (C=O) groups excluding carboxylic acids is 2. The van der Waals surface area contributed by atoms with Crippen molar-refractivity contribution in [3.63, 3.8) is 0 Å². The lowest BCUT2D eigenvalue weighted by Gasteiger charge is -2.10. The number of esters is 1. The molecule has 0 atom stereocenters. The lowest BCUT2D eigenvalue weighted by molar-refractivity contribution is -0.384. The van der Waals surface area contributed by atoms with Crippen LogP contribution in [0.1, 0.15) is 10.4 Å². The molecule has 0 bridgehead atoms. The van der Waals surface area contributed by atoms with Gasteiger partial charge in [0.15, 0.2) is 11.7 Å². The van der Waals surface area contributed by atoms with Crippen molar-refractivity contribution >= 4 is 40.6 Å². The summed E-state index contributed by atoms with van der Waals surface area (Å²) in [6.45, 7) is -0.319. The second-order valence-electron chi connectivity index (χ2n) is 5.11. The zero-order valence-electron chi connectivity index (χ0n) is 14.1. The molecule has 9 nitrogen and oxygen atoms in total. The molecule has 0 aromatic heterocycles. The Kier molecular flexibility index (Phi) is 6.78. The van der Waals surface area contributed by atoms with Crippen LogP contribution in [0.3, 0.4) is 0 Å². The van der Waals surface area contributed by atoms with Crippen LogP contribution in [0.4, 0.5) is 11.4 Å². The van der Waals surface area contributed by atoms with E-state index in [-0.39, 0.29) is 17.4 Å². The third-order valence-corrected chi connectivity index (χ3v) is 3.44. The molecule has 0 saturated carbocycles. The lowest BCUT2D eigenvalue weighted by Crippen LogP contribution is -2.37. The molecule has 0 aliphatic carbocycles. The van der Waals surface area contributed by atoms with E-state index in [0.29, 0.717) is 17.0 Å². The van der Waals surface area contributed by atoms with Crippen LogP contribution in [0.2, 0.25) is 0 Å². The number of thiocarbonyl (C=S) groups is 1. The Morgan fingerprint density at radius 2 is 1.74 bits per heavy atom. The van der Waals surface area contributed by atoms with Crippen molar-refractivity contribution in [1.29, 1.82) is 0 Å². The van der Waals surface area contributed by atoms with Gasteiger partial charge in [-0.2, -0.15) is 0 Å². The number of ether oxygens (including phenoxy) is 2. The fraction of sp³-hybridized carbons (Fsp3) is 0.118. The molecule has 0 aliphatic rings. The maximum atomic E-state index is 11.8. The van der Waals surface area contributed by atoms with E-state index in [2.05, 4.69) is 15.4 Å². The van der Waals surface area contributed by atoms with Gasteiger partial charge in [0.1, 0.15) is 5.75 Å². The van der Waals surface area contributed by atoms with Gasteiger partial charge in [-0.05, 0) is 48.6 Å². The first-order chi connectivity index (χ1) is 12.9. The average Bonchev–Trinajstić information content (AvgIpc) is 2.66. The number of non-ortho nitro benzene ring substituents is 1. The van der Waals surface area contributed by atoms with Gasteiger partial charge in [-0.1, -0.05) is 0 Å². The molecule has 140 valence electrons. The van der Waals surface area contributed by atoms with Gasteiger partial charge in [-0.3, -0.25) is 20.2 Å².